The lowest BCUT2D eigenvalue weighted by molar-refractivity contribution is -0.148. The van der Waals surface area contributed by atoms with E-state index in [0.29, 0.717) is 19.1 Å². The smallest absolute Gasteiger partial charge is 0.396 e. The van der Waals surface area contributed by atoms with E-state index in [-0.39, 0.29) is 12.0 Å². The Labute approximate surface area is 113 Å². The van der Waals surface area contributed by atoms with Gasteiger partial charge in [0.2, 0.25) is 0 Å². The summed E-state index contributed by atoms with van der Waals surface area (Å²) in [6.07, 6.45) is -1.85. The summed E-state index contributed by atoms with van der Waals surface area (Å²) in [6.45, 7) is 5.31. The van der Waals surface area contributed by atoms with E-state index in [1.807, 2.05) is 0 Å². The average Bonchev–Trinajstić information content (AvgIpc) is 2.26. The zero-order valence-corrected chi connectivity index (χ0v) is 11.8. The van der Waals surface area contributed by atoms with E-state index in [2.05, 4.69) is 19.2 Å². The van der Waals surface area contributed by atoms with Crippen LogP contribution in [-0.2, 0) is 0 Å². The minimum absolute atomic E-state index is 0.0256. The Bertz CT molecular complexity index is 261. The van der Waals surface area contributed by atoms with Gasteiger partial charge in [0.15, 0.2) is 0 Å². The number of hydrogen-bond donors (Lipinski definition) is 2. The van der Waals surface area contributed by atoms with Crippen LogP contribution in [-0.4, -0.2) is 55.0 Å². The number of alkyl halides is 3. The fourth-order valence-corrected chi connectivity index (χ4v) is 2.36. The molecule has 1 fully saturated rings. The van der Waals surface area contributed by atoms with E-state index >= 15 is 0 Å². The van der Waals surface area contributed by atoms with Gasteiger partial charge in [0.05, 0.1) is 6.54 Å². The predicted octanol–water partition coefficient (Wildman–Crippen LogP) is 2.01. The van der Waals surface area contributed by atoms with Gasteiger partial charge in [-0.1, -0.05) is 13.8 Å². The Morgan fingerprint density at radius 3 is 2.26 bits per heavy atom. The number of aliphatic hydroxyl groups is 1. The maximum absolute atomic E-state index is 12.2. The Hall–Kier alpha value is -0.330. The summed E-state index contributed by atoms with van der Waals surface area (Å²) >= 11 is 0. The summed E-state index contributed by atoms with van der Waals surface area (Å²) in [6, 6.07) is 0.294. The maximum atomic E-state index is 12.2. The van der Waals surface area contributed by atoms with Crippen LogP contribution in [0.4, 0.5) is 13.2 Å². The molecule has 1 aliphatic heterocycles. The molecular weight excluding hydrogens is 257 g/mol. The number of nitrogens with zero attached hydrogens (tertiary/aromatic N) is 1. The van der Waals surface area contributed by atoms with E-state index in [1.165, 1.54) is 4.90 Å². The van der Waals surface area contributed by atoms with Crippen LogP contribution in [0, 0.1) is 5.41 Å². The summed E-state index contributed by atoms with van der Waals surface area (Å²) < 4.78 is 36.7. The van der Waals surface area contributed by atoms with Crippen LogP contribution in [0.5, 0.6) is 0 Å². The van der Waals surface area contributed by atoms with Crippen LogP contribution in [0.25, 0.3) is 0 Å². The second-order valence-electron chi connectivity index (χ2n) is 6.18. The summed E-state index contributed by atoms with van der Waals surface area (Å²) in [5.41, 5.74) is 0.0256. The molecule has 114 valence electrons. The first-order chi connectivity index (χ1) is 8.72. The molecule has 0 unspecified atom stereocenters. The van der Waals surface area contributed by atoms with Gasteiger partial charge in [-0.3, -0.25) is 4.90 Å². The first kappa shape index (κ1) is 16.7. The monoisotopic (exact) mass is 282 g/mol. The third kappa shape index (κ3) is 7.13. The van der Waals surface area contributed by atoms with Gasteiger partial charge in [0.1, 0.15) is 0 Å². The van der Waals surface area contributed by atoms with Gasteiger partial charge in [-0.25, -0.2) is 0 Å². The lowest BCUT2D eigenvalue weighted by Crippen LogP contribution is -2.47. The molecule has 0 radical (unpaired) electrons. The summed E-state index contributed by atoms with van der Waals surface area (Å²) in [5.74, 6) is 0. The molecule has 0 amide bonds. The summed E-state index contributed by atoms with van der Waals surface area (Å²) in [4.78, 5) is 1.47. The Morgan fingerprint density at radius 1 is 1.21 bits per heavy atom. The standard InChI is InChI=1S/C13H25F3N2O/c1-12(2,5-8-19)9-17-11-3-6-18(7-4-11)10-13(14,15)16/h11,17,19H,3-10H2,1-2H3. The van der Waals surface area contributed by atoms with Gasteiger partial charge in [0, 0.05) is 19.2 Å². The minimum atomic E-state index is -4.09. The highest BCUT2D eigenvalue weighted by molar-refractivity contribution is 4.81. The van der Waals surface area contributed by atoms with Crippen molar-refractivity contribution >= 4 is 0 Å². The fourth-order valence-electron chi connectivity index (χ4n) is 2.36. The van der Waals surface area contributed by atoms with Crippen LogP contribution in [0.1, 0.15) is 33.1 Å². The van der Waals surface area contributed by atoms with Gasteiger partial charge < -0.3 is 10.4 Å². The van der Waals surface area contributed by atoms with Crippen LogP contribution in [0.15, 0.2) is 0 Å². The largest absolute Gasteiger partial charge is 0.401 e. The highest BCUT2D eigenvalue weighted by Gasteiger charge is 2.32. The van der Waals surface area contributed by atoms with E-state index in [0.717, 1.165) is 25.8 Å². The van der Waals surface area contributed by atoms with Crippen LogP contribution in [0.2, 0.25) is 0 Å². The summed E-state index contributed by atoms with van der Waals surface area (Å²) in [5, 5.41) is 12.4. The van der Waals surface area contributed by atoms with E-state index in [9.17, 15) is 13.2 Å². The van der Waals surface area contributed by atoms with Crippen LogP contribution < -0.4 is 5.32 Å². The molecule has 0 aromatic rings. The fraction of sp³-hybridized carbons (Fsp3) is 1.00. The van der Waals surface area contributed by atoms with Crippen molar-refractivity contribution in [1.82, 2.24) is 10.2 Å². The highest BCUT2D eigenvalue weighted by Crippen LogP contribution is 2.22. The SMILES string of the molecule is CC(C)(CCO)CNC1CCN(CC(F)(F)F)CC1. The second-order valence-corrected chi connectivity index (χ2v) is 6.18. The zero-order valence-electron chi connectivity index (χ0n) is 11.8. The minimum Gasteiger partial charge on any atom is -0.396 e. The van der Waals surface area contributed by atoms with E-state index < -0.39 is 12.7 Å². The molecule has 3 nitrogen and oxygen atoms in total. The first-order valence-corrected chi connectivity index (χ1v) is 6.85. The van der Waals surface area contributed by atoms with Gasteiger partial charge >= 0.3 is 6.18 Å². The molecule has 0 aromatic heterocycles. The molecule has 1 saturated heterocycles. The topological polar surface area (TPSA) is 35.5 Å². The third-order valence-electron chi connectivity index (χ3n) is 3.65. The molecule has 0 aliphatic carbocycles. The van der Waals surface area contributed by atoms with Crippen molar-refractivity contribution in [2.75, 3.05) is 32.8 Å². The normalized spacial score (nSPS) is 19.9. The summed E-state index contributed by atoms with van der Waals surface area (Å²) in [7, 11) is 0. The average molecular weight is 282 g/mol. The Balaban J connectivity index is 2.23. The first-order valence-electron chi connectivity index (χ1n) is 6.85. The van der Waals surface area contributed by atoms with Gasteiger partial charge in [0.25, 0.3) is 0 Å². The molecule has 6 heteroatoms. The van der Waals surface area contributed by atoms with Gasteiger partial charge in [-0.05, 0) is 37.8 Å². The molecular formula is C13H25F3N2O. The molecule has 1 heterocycles. The number of piperidine rings is 1. The number of nitrogens with one attached hydrogen (secondary N) is 1. The number of likely N-dealkylation sites (tertiary alicyclic amines) is 1. The molecule has 0 atom stereocenters. The molecule has 0 saturated carbocycles. The molecule has 0 aromatic carbocycles. The molecule has 0 spiro atoms. The number of hydrogen-bond acceptors (Lipinski definition) is 3. The zero-order chi connectivity index (χ0) is 14.5. The third-order valence-corrected chi connectivity index (χ3v) is 3.65. The lowest BCUT2D eigenvalue weighted by Gasteiger charge is -2.34. The van der Waals surface area contributed by atoms with Crippen molar-refractivity contribution in [2.45, 2.75) is 45.3 Å². The van der Waals surface area contributed by atoms with E-state index in [1.54, 1.807) is 0 Å². The highest BCUT2D eigenvalue weighted by atomic mass is 19.4. The Morgan fingerprint density at radius 2 is 1.79 bits per heavy atom. The molecule has 0 bridgehead atoms. The number of halogens is 3. The maximum Gasteiger partial charge on any atom is 0.401 e. The van der Waals surface area contributed by atoms with Crippen LogP contribution >= 0.6 is 0 Å². The van der Waals surface area contributed by atoms with Crippen molar-refractivity contribution in [1.29, 1.82) is 0 Å². The van der Waals surface area contributed by atoms with E-state index in [4.69, 9.17) is 5.11 Å². The quantitative estimate of drug-likeness (QED) is 0.782. The van der Waals surface area contributed by atoms with Crippen molar-refractivity contribution in [3.63, 3.8) is 0 Å². The van der Waals surface area contributed by atoms with Crippen molar-refractivity contribution < 1.29 is 18.3 Å². The van der Waals surface area contributed by atoms with Crippen LogP contribution in [0.3, 0.4) is 0 Å². The number of rotatable bonds is 6. The molecule has 1 rings (SSSR count). The van der Waals surface area contributed by atoms with Crippen molar-refractivity contribution in [3.8, 4) is 0 Å². The van der Waals surface area contributed by atoms with Crippen molar-refractivity contribution in [2.24, 2.45) is 5.41 Å². The second kappa shape index (κ2) is 6.90. The number of aliphatic hydroxyl groups excluding tert-OH is 1. The van der Waals surface area contributed by atoms with Crippen molar-refractivity contribution in [3.05, 3.63) is 0 Å². The lowest BCUT2D eigenvalue weighted by atomic mass is 9.89. The predicted molar refractivity (Wildman–Crippen MR) is 69.0 cm³/mol. The molecule has 2 N–H and O–H groups in total. The molecule has 1 aliphatic rings. The Kier molecular flexibility index (Phi) is 6.08. The van der Waals surface area contributed by atoms with Gasteiger partial charge in [-0.2, -0.15) is 13.2 Å². The van der Waals surface area contributed by atoms with Gasteiger partial charge in [-0.15, -0.1) is 0 Å². The molecule has 19 heavy (non-hydrogen) atoms.